The Bertz CT molecular complexity index is 410. The second-order valence-electron chi connectivity index (χ2n) is 4.15. The van der Waals surface area contributed by atoms with Gasteiger partial charge in [-0.15, -0.1) is 11.8 Å². The van der Waals surface area contributed by atoms with Crippen molar-refractivity contribution < 1.29 is 4.79 Å². The molecule has 1 aliphatic rings. The van der Waals surface area contributed by atoms with Gasteiger partial charge in [0.15, 0.2) is 0 Å². The normalized spacial score (nSPS) is 16.5. The third-order valence-corrected chi connectivity index (χ3v) is 4.30. The molecule has 18 heavy (non-hydrogen) atoms. The van der Waals surface area contributed by atoms with Gasteiger partial charge in [0.25, 0.3) is 0 Å². The molecule has 0 atom stereocenters. The van der Waals surface area contributed by atoms with Crippen LogP contribution in [0.4, 0.5) is 5.82 Å². The molecule has 1 amide bonds. The molecule has 0 unspecified atom stereocenters. The zero-order chi connectivity index (χ0) is 12.8. The molecular weight excluding hydrogens is 270 g/mol. The number of aromatic nitrogens is 1. The van der Waals surface area contributed by atoms with Crippen LogP contribution in [0, 0.1) is 0 Å². The van der Waals surface area contributed by atoms with Gasteiger partial charge in [0.05, 0.1) is 5.75 Å². The van der Waals surface area contributed by atoms with Crippen molar-refractivity contribution in [1.29, 1.82) is 0 Å². The number of pyridine rings is 1. The van der Waals surface area contributed by atoms with Gasteiger partial charge in [-0.3, -0.25) is 4.79 Å². The monoisotopic (exact) mass is 285 g/mol. The minimum atomic E-state index is -0.0201. The first-order valence-corrected chi connectivity index (χ1v) is 7.41. The Labute approximate surface area is 116 Å². The van der Waals surface area contributed by atoms with Crippen LogP contribution in [-0.4, -0.2) is 35.0 Å². The van der Waals surface area contributed by atoms with Gasteiger partial charge in [0, 0.05) is 5.25 Å². The van der Waals surface area contributed by atoms with Crippen molar-refractivity contribution in [3.63, 3.8) is 0 Å². The van der Waals surface area contributed by atoms with Gasteiger partial charge in [-0.1, -0.05) is 17.7 Å². The van der Waals surface area contributed by atoms with E-state index in [1.807, 2.05) is 0 Å². The van der Waals surface area contributed by atoms with Crippen LogP contribution in [0.2, 0.25) is 5.15 Å². The highest BCUT2D eigenvalue weighted by Crippen LogP contribution is 2.20. The van der Waals surface area contributed by atoms with Crippen molar-refractivity contribution in [3.05, 3.63) is 23.4 Å². The fraction of sp³-hybridized carbons (Fsp3) is 0.500. The number of thioether (sulfide) groups is 1. The molecule has 1 aliphatic heterocycles. The maximum absolute atomic E-state index is 11.7. The van der Waals surface area contributed by atoms with E-state index < -0.39 is 0 Å². The number of carbonyl (C=O) groups is 1. The van der Waals surface area contributed by atoms with Crippen LogP contribution in [0.15, 0.2) is 18.2 Å². The van der Waals surface area contributed by atoms with Gasteiger partial charge in [0.1, 0.15) is 11.0 Å². The molecular formula is C12H16ClN3OS. The number of nitrogens with zero attached hydrogens (tertiary/aromatic N) is 1. The van der Waals surface area contributed by atoms with Gasteiger partial charge < -0.3 is 10.6 Å². The molecule has 0 aliphatic carbocycles. The van der Waals surface area contributed by atoms with Gasteiger partial charge in [-0.05, 0) is 38.1 Å². The second-order valence-corrected chi connectivity index (χ2v) is 5.83. The summed E-state index contributed by atoms with van der Waals surface area (Å²) in [6.45, 7) is 2.10. The number of anilines is 1. The third-order valence-electron chi connectivity index (χ3n) is 2.72. The SMILES string of the molecule is O=C(CSC1CCNCC1)Nc1cccc(Cl)n1. The maximum Gasteiger partial charge on any atom is 0.235 e. The van der Waals surface area contributed by atoms with E-state index in [2.05, 4.69) is 15.6 Å². The lowest BCUT2D eigenvalue weighted by Crippen LogP contribution is -2.30. The highest BCUT2D eigenvalue weighted by molar-refractivity contribution is 8.00. The molecule has 2 rings (SSSR count). The zero-order valence-corrected chi connectivity index (χ0v) is 11.6. The lowest BCUT2D eigenvalue weighted by Gasteiger charge is -2.21. The van der Waals surface area contributed by atoms with E-state index in [0.717, 1.165) is 25.9 Å². The largest absolute Gasteiger partial charge is 0.317 e. The molecule has 4 nitrogen and oxygen atoms in total. The van der Waals surface area contributed by atoms with E-state index in [1.54, 1.807) is 30.0 Å². The number of halogens is 1. The van der Waals surface area contributed by atoms with Gasteiger partial charge in [-0.2, -0.15) is 0 Å². The van der Waals surface area contributed by atoms with Crippen molar-refractivity contribution in [3.8, 4) is 0 Å². The number of hydrogen-bond donors (Lipinski definition) is 2. The summed E-state index contributed by atoms with van der Waals surface area (Å²) in [4.78, 5) is 15.8. The fourth-order valence-electron chi connectivity index (χ4n) is 1.81. The summed E-state index contributed by atoms with van der Waals surface area (Å²) in [5, 5.41) is 7.04. The predicted molar refractivity (Wildman–Crippen MR) is 76.2 cm³/mol. The molecule has 0 radical (unpaired) electrons. The van der Waals surface area contributed by atoms with Crippen LogP contribution in [0.1, 0.15) is 12.8 Å². The molecule has 0 saturated carbocycles. The van der Waals surface area contributed by atoms with Crippen LogP contribution in [0.5, 0.6) is 0 Å². The topological polar surface area (TPSA) is 54.0 Å². The average Bonchev–Trinajstić information content (AvgIpc) is 2.38. The molecule has 0 aromatic carbocycles. The molecule has 98 valence electrons. The Morgan fingerprint density at radius 2 is 2.28 bits per heavy atom. The number of nitrogens with one attached hydrogen (secondary N) is 2. The van der Waals surface area contributed by atoms with Crippen LogP contribution < -0.4 is 10.6 Å². The molecule has 0 spiro atoms. The van der Waals surface area contributed by atoms with E-state index in [1.165, 1.54) is 0 Å². The molecule has 1 aromatic heterocycles. The minimum absolute atomic E-state index is 0.0201. The first-order valence-electron chi connectivity index (χ1n) is 5.99. The number of rotatable bonds is 4. The van der Waals surface area contributed by atoms with Crippen LogP contribution >= 0.6 is 23.4 Å². The second kappa shape index (κ2) is 6.97. The summed E-state index contributed by atoms with van der Waals surface area (Å²) in [6.07, 6.45) is 2.26. The Morgan fingerprint density at radius 3 is 3.00 bits per heavy atom. The lowest BCUT2D eigenvalue weighted by atomic mass is 10.2. The summed E-state index contributed by atoms with van der Waals surface area (Å²) in [5.41, 5.74) is 0. The summed E-state index contributed by atoms with van der Waals surface area (Å²) < 4.78 is 0. The van der Waals surface area contributed by atoms with Crippen LogP contribution in [0.25, 0.3) is 0 Å². The van der Waals surface area contributed by atoms with E-state index in [4.69, 9.17) is 11.6 Å². The van der Waals surface area contributed by atoms with E-state index in [0.29, 0.717) is 22.0 Å². The van der Waals surface area contributed by atoms with E-state index in [9.17, 15) is 4.79 Å². The lowest BCUT2D eigenvalue weighted by molar-refractivity contribution is -0.113. The van der Waals surface area contributed by atoms with Gasteiger partial charge in [0.2, 0.25) is 5.91 Å². The van der Waals surface area contributed by atoms with Crippen molar-refractivity contribution in [2.45, 2.75) is 18.1 Å². The summed E-state index contributed by atoms with van der Waals surface area (Å²) in [5.74, 6) is 0.963. The smallest absolute Gasteiger partial charge is 0.235 e. The molecule has 2 heterocycles. The third kappa shape index (κ3) is 4.48. The molecule has 1 saturated heterocycles. The molecule has 6 heteroatoms. The predicted octanol–water partition coefficient (Wildman–Crippen LogP) is 2.16. The van der Waals surface area contributed by atoms with Gasteiger partial charge in [-0.25, -0.2) is 4.98 Å². The fourth-order valence-corrected chi connectivity index (χ4v) is 3.00. The first-order chi connectivity index (χ1) is 8.74. The zero-order valence-electron chi connectivity index (χ0n) is 9.99. The Morgan fingerprint density at radius 1 is 1.50 bits per heavy atom. The minimum Gasteiger partial charge on any atom is -0.317 e. The maximum atomic E-state index is 11.7. The Hall–Kier alpha value is -0.780. The Kier molecular flexibility index (Phi) is 5.28. The van der Waals surface area contributed by atoms with Crippen molar-refractivity contribution in [2.24, 2.45) is 0 Å². The van der Waals surface area contributed by atoms with Crippen LogP contribution in [0.3, 0.4) is 0 Å². The van der Waals surface area contributed by atoms with Gasteiger partial charge >= 0.3 is 0 Å². The average molecular weight is 286 g/mol. The molecule has 1 fully saturated rings. The van der Waals surface area contributed by atoms with E-state index >= 15 is 0 Å². The number of amides is 1. The summed E-state index contributed by atoms with van der Waals surface area (Å²) >= 11 is 7.47. The quantitative estimate of drug-likeness (QED) is 0.833. The van der Waals surface area contributed by atoms with Crippen molar-refractivity contribution in [2.75, 3.05) is 24.2 Å². The number of hydrogen-bond acceptors (Lipinski definition) is 4. The molecule has 2 N–H and O–H groups in total. The Balaban J connectivity index is 1.74. The first kappa shape index (κ1) is 13.6. The molecule has 0 bridgehead atoms. The summed E-state index contributed by atoms with van der Waals surface area (Å²) in [7, 11) is 0. The number of carbonyl (C=O) groups excluding carboxylic acids is 1. The van der Waals surface area contributed by atoms with Crippen molar-refractivity contribution in [1.82, 2.24) is 10.3 Å². The summed E-state index contributed by atoms with van der Waals surface area (Å²) in [6, 6.07) is 5.19. The van der Waals surface area contributed by atoms with Crippen LogP contribution in [-0.2, 0) is 4.79 Å². The highest BCUT2D eigenvalue weighted by Gasteiger charge is 2.15. The van der Waals surface area contributed by atoms with E-state index in [-0.39, 0.29) is 5.91 Å². The standard InChI is InChI=1S/C12H16ClN3OS/c13-10-2-1-3-11(15-10)16-12(17)8-18-9-4-6-14-7-5-9/h1-3,9,14H,4-8H2,(H,15,16,17). The van der Waals surface area contributed by atoms with Crippen molar-refractivity contribution >= 4 is 35.1 Å². The number of piperidine rings is 1. The highest BCUT2D eigenvalue weighted by atomic mass is 35.5. The molecule has 1 aromatic rings.